The Hall–Kier alpha value is -3.86. The van der Waals surface area contributed by atoms with Crippen LogP contribution in [0.25, 0.3) is 0 Å². The fourth-order valence-corrected chi connectivity index (χ4v) is 2.57. The van der Waals surface area contributed by atoms with Crippen LogP contribution in [0, 0.1) is 37.0 Å². The van der Waals surface area contributed by atoms with Gasteiger partial charge in [-0.25, -0.2) is 0 Å². The largest absolute Gasteiger partial charge is 0.311 e. The van der Waals surface area contributed by atoms with E-state index in [2.05, 4.69) is 22.7 Å². The van der Waals surface area contributed by atoms with Crippen molar-refractivity contribution in [2.24, 2.45) is 0 Å². The van der Waals surface area contributed by atoms with Crippen LogP contribution in [-0.2, 0) is 0 Å². The minimum absolute atomic E-state index is 0.842. The van der Waals surface area contributed by atoms with Crippen LogP contribution in [0.5, 0.6) is 0 Å². The molecular formula is C24H15N. The van der Waals surface area contributed by atoms with Gasteiger partial charge in [0.1, 0.15) is 0 Å². The van der Waals surface area contributed by atoms with E-state index in [0.717, 1.165) is 33.8 Å². The van der Waals surface area contributed by atoms with Gasteiger partial charge in [-0.3, -0.25) is 0 Å². The van der Waals surface area contributed by atoms with Crippen LogP contribution in [0.2, 0.25) is 0 Å². The quantitative estimate of drug-likeness (QED) is 0.607. The maximum absolute atomic E-state index is 5.46. The number of nitrogens with zero attached hydrogens (tertiary/aromatic N) is 1. The average Bonchev–Trinajstić information content (AvgIpc) is 2.70. The first-order valence-corrected chi connectivity index (χ1v) is 7.75. The van der Waals surface area contributed by atoms with Crippen molar-refractivity contribution in [1.29, 1.82) is 0 Å². The van der Waals surface area contributed by atoms with E-state index >= 15 is 0 Å². The minimum atomic E-state index is 0.842. The second-order valence-electron chi connectivity index (χ2n) is 5.41. The first-order valence-electron chi connectivity index (χ1n) is 7.75. The van der Waals surface area contributed by atoms with Crippen molar-refractivity contribution in [3.05, 3.63) is 89.5 Å². The molecule has 0 aliphatic carbocycles. The summed E-state index contributed by atoms with van der Waals surface area (Å²) in [7, 11) is 0. The Morgan fingerprint density at radius 1 is 0.440 bits per heavy atom. The van der Waals surface area contributed by atoms with Crippen molar-refractivity contribution in [1.82, 2.24) is 0 Å². The first kappa shape index (κ1) is 16.0. The van der Waals surface area contributed by atoms with Crippen LogP contribution in [0.15, 0.2) is 72.8 Å². The number of anilines is 3. The summed E-state index contributed by atoms with van der Waals surface area (Å²) in [5.74, 6) is 7.92. The van der Waals surface area contributed by atoms with Gasteiger partial charge >= 0.3 is 0 Å². The van der Waals surface area contributed by atoms with Gasteiger partial charge in [-0.05, 0) is 72.8 Å². The van der Waals surface area contributed by atoms with E-state index in [1.807, 2.05) is 72.8 Å². The summed E-state index contributed by atoms with van der Waals surface area (Å²) in [6.45, 7) is 0. The van der Waals surface area contributed by atoms with Crippen molar-refractivity contribution >= 4 is 17.1 Å². The molecule has 3 aromatic carbocycles. The Morgan fingerprint density at radius 2 is 0.680 bits per heavy atom. The highest BCUT2D eigenvalue weighted by Gasteiger charge is 2.12. The van der Waals surface area contributed by atoms with Gasteiger partial charge in [-0.1, -0.05) is 17.8 Å². The van der Waals surface area contributed by atoms with Crippen molar-refractivity contribution in [3.63, 3.8) is 0 Å². The van der Waals surface area contributed by atoms with Crippen molar-refractivity contribution < 1.29 is 0 Å². The summed E-state index contributed by atoms with van der Waals surface area (Å²) in [6.07, 6.45) is 16.4. The summed E-state index contributed by atoms with van der Waals surface area (Å²) in [5, 5.41) is 0. The smallest absolute Gasteiger partial charge is 0.0462 e. The molecule has 0 bridgehead atoms. The highest BCUT2D eigenvalue weighted by Crippen LogP contribution is 2.34. The molecule has 0 aromatic heterocycles. The Morgan fingerprint density at radius 3 is 0.880 bits per heavy atom. The summed E-state index contributed by atoms with van der Waals surface area (Å²) < 4.78 is 0. The monoisotopic (exact) mass is 317 g/mol. The lowest BCUT2D eigenvalue weighted by molar-refractivity contribution is 1.28. The molecule has 3 rings (SSSR count). The first-order chi connectivity index (χ1) is 12.2. The zero-order valence-electron chi connectivity index (χ0n) is 13.6. The van der Waals surface area contributed by atoms with E-state index < -0.39 is 0 Å². The fraction of sp³-hybridized carbons (Fsp3) is 0. The fourth-order valence-electron chi connectivity index (χ4n) is 2.57. The predicted octanol–water partition coefficient (Wildman–Crippen LogP) is 5.10. The van der Waals surface area contributed by atoms with Gasteiger partial charge in [-0.15, -0.1) is 19.3 Å². The van der Waals surface area contributed by atoms with Gasteiger partial charge in [0.25, 0.3) is 0 Å². The normalized spacial score (nSPS) is 9.48. The number of hydrogen-bond donors (Lipinski definition) is 0. The maximum Gasteiger partial charge on any atom is 0.0462 e. The van der Waals surface area contributed by atoms with E-state index in [1.165, 1.54) is 0 Å². The molecule has 25 heavy (non-hydrogen) atoms. The van der Waals surface area contributed by atoms with E-state index in [0.29, 0.717) is 0 Å². The molecule has 1 nitrogen and oxygen atoms in total. The second-order valence-corrected chi connectivity index (χ2v) is 5.41. The third kappa shape index (κ3) is 3.40. The lowest BCUT2D eigenvalue weighted by atomic mass is 10.1. The molecule has 1 heteroatoms. The van der Waals surface area contributed by atoms with Gasteiger partial charge in [0.15, 0.2) is 0 Å². The second kappa shape index (κ2) is 7.14. The van der Waals surface area contributed by atoms with Crippen LogP contribution in [0.3, 0.4) is 0 Å². The predicted molar refractivity (Wildman–Crippen MR) is 105 cm³/mol. The van der Waals surface area contributed by atoms with Gasteiger partial charge in [0.05, 0.1) is 0 Å². The number of rotatable bonds is 3. The third-order valence-corrected chi connectivity index (χ3v) is 3.88. The Balaban J connectivity index is 2.10. The molecule has 0 spiro atoms. The molecular weight excluding hydrogens is 302 g/mol. The van der Waals surface area contributed by atoms with Gasteiger partial charge < -0.3 is 4.90 Å². The summed E-state index contributed by atoms with van der Waals surface area (Å²) in [6, 6.07) is 23.5. The number of hydrogen-bond acceptors (Lipinski definition) is 1. The zero-order valence-corrected chi connectivity index (χ0v) is 13.6. The van der Waals surface area contributed by atoms with Crippen LogP contribution < -0.4 is 4.90 Å². The van der Waals surface area contributed by atoms with Crippen molar-refractivity contribution in [3.8, 4) is 37.0 Å². The lowest BCUT2D eigenvalue weighted by Gasteiger charge is -2.25. The van der Waals surface area contributed by atoms with Crippen molar-refractivity contribution in [2.45, 2.75) is 0 Å². The van der Waals surface area contributed by atoms with E-state index in [9.17, 15) is 0 Å². The topological polar surface area (TPSA) is 3.24 Å². The van der Waals surface area contributed by atoms with Crippen molar-refractivity contribution in [2.75, 3.05) is 4.90 Å². The van der Waals surface area contributed by atoms with Gasteiger partial charge in [0, 0.05) is 33.8 Å². The van der Waals surface area contributed by atoms with Crippen LogP contribution >= 0.6 is 0 Å². The van der Waals surface area contributed by atoms with Gasteiger partial charge in [-0.2, -0.15) is 0 Å². The summed E-state index contributed by atoms with van der Waals surface area (Å²) in [4.78, 5) is 2.13. The van der Waals surface area contributed by atoms with E-state index in [4.69, 9.17) is 19.3 Å². The average molecular weight is 317 g/mol. The van der Waals surface area contributed by atoms with Crippen LogP contribution in [-0.4, -0.2) is 0 Å². The highest BCUT2D eigenvalue weighted by atomic mass is 15.1. The molecule has 0 N–H and O–H groups in total. The molecule has 0 heterocycles. The number of terminal acetylenes is 3. The SMILES string of the molecule is C#Cc1ccc(N(c2ccc(C#C)cc2)c2ccc(C#C)cc2)cc1. The Labute approximate surface area is 148 Å². The molecule has 0 saturated heterocycles. The molecule has 0 amide bonds. The zero-order chi connectivity index (χ0) is 17.6. The Kier molecular flexibility index (Phi) is 4.58. The third-order valence-electron chi connectivity index (χ3n) is 3.88. The molecule has 3 aromatic rings. The van der Waals surface area contributed by atoms with Crippen LogP contribution in [0.4, 0.5) is 17.1 Å². The summed E-state index contributed by atoms with van der Waals surface area (Å²) >= 11 is 0. The molecule has 0 aliphatic rings. The highest BCUT2D eigenvalue weighted by molar-refractivity contribution is 5.77. The molecule has 0 aliphatic heterocycles. The van der Waals surface area contributed by atoms with E-state index in [1.54, 1.807) is 0 Å². The molecule has 0 radical (unpaired) electrons. The molecule has 0 unspecified atom stereocenters. The molecule has 0 atom stereocenters. The number of benzene rings is 3. The standard InChI is InChI=1S/C24H15N/c1-4-19-7-13-22(14-8-19)25(23-15-9-20(5-2)10-16-23)24-17-11-21(6-3)12-18-24/h1-3,7-18H. The van der Waals surface area contributed by atoms with Crippen LogP contribution in [0.1, 0.15) is 16.7 Å². The minimum Gasteiger partial charge on any atom is -0.311 e. The molecule has 0 saturated carbocycles. The molecule has 116 valence electrons. The summed E-state index contributed by atoms with van der Waals surface area (Å²) in [5.41, 5.74) is 5.53. The maximum atomic E-state index is 5.46. The van der Waals surface area contributed by atoms with Gasteiger partial charge in [0.2, 0.25) is 0 Å². The Bertz CT molecular complexity index is 850. The van der Waals surface area contributed by atoms with E-state index in [-0.39, 0.29) is 0 Å². The molecule has 0 fully saturated rings. The lowest BCUT2D eigenvalue weighted by Crippen LogP contribution is -2.09.